The third kappa shape index (κ3) is 4.92. The van der Waals surface area contributed by atoms with Gasteiger partial charge in [-0.2, -0.15) is 0 Å². The predicted molar refractivity (Wildman–Crippen MR) is 83.4 cm³/mol. The van der Waals surface area contributed by atoms with Crippen LogP contribution in [0.1, 0.15) is 19.8 Å². The quantitative estimate of drug-likeness (QED) is 0.717. The van der Waals surface area contributed by atoms with E-state index in [1.807, 2.05) is 6.92 Å². The van der Waals surface area contributed by atoms with Crippen LogP contribution in [0.4, 0.5) is 0 Å². The maximum atomic E-state index is 12.1. The van der Waals surface area contributed by atoms with E-state index in [4.69, 9.17) is 4.74 Å². The fourth-order valence-corrected chi connectivity index (χ4v) is 3.13. The van der Waals surface area contributed by atoms with Crippen molar-refractivity contribution in [3.63, 3.8) is 0 Å². The molecule has 0 radical (unpaired) electrons. The van der Waals surface area contributed by atoms with E-state index in [0.717, 1.165) is 32.7 Å². The molecule has 0 saturated carbocycles. The summed E-state index contributed by atoms with van der Waals surface area (Å²) in [6, 6.07) is 0.499. The molecule has 0 aromatic carbocycles. The Bertz CT molecular complexity index is 330. The summed E-state index contributed by atoms with van der Waals surface area (Å²) in [5.41, 5.74) is 0. The van der Waals surface area contributed by atoms with Crippen LogP contribution in [-0.4, -0.2) is 87.3 Å². The second kappa shape index (κ2) is 8.08. The van der Waals surface area contributed by atoms with Gasteiger partial charge in [-0.05, 0) is 47.0 Å². The summed E-state index contributed by atoms with van der Waals surface area (Å²) >= 11 is 0. The molecule has 0 aromatic rings. The molecule has 0 aliphatic carbocycles. The first-order chi connectivity index (χ1) is 10.1. The highest BCUT2D eigenvalue weighted by molar-refractivity contribution is 5.82. The first-order valence-electron chi connectivity index (χ1n) is 8.09. The molecule has 2 rings (SSSR count). The highest BCUT2D eigenvalue weighted by Crippen LogP contribution is 2.13. The zero-order valence-corrected chi connectivity index (χ0v) is 13.6. The Morgan fingerprint density at radius 2 is 2.10 bits per heavy atom. The monoisotopic (exact) mass is 298 g/mol. The Kier molecular flexibility index (Phi) is 6.41. The van der Waals surface area contributed by atoms with Gasteiger partial charge < -0.3 is 25.2 Å². The van der Waals surface area contributed by atoms with Crippen molar-refractivity contribution in [2.45, 2.75) is 38.0 Å². The summed E-state index contributed by atoms with van der Waals surface area (Å²) in [5.74, 6) is 0.0605. The molecule has 0 unspecified atom stereocenters. The van der Waals surface area contributed by atoms with Crippen molar-refractivity contribution >= 4 is 5.91 Å². The van der Waals surface area contributed by atoms with Crippen LogP contribution in [-0.2, 0) is 9.53 Å². The Balaban J connectivity index is 1.62. The fourth-order valence-electron chi connectivity index (χ4n) is 3.13. The minimum atomic E-state index is -0.210. The van der Waals surface area contributed by atoms with Gasteiger partial charge in [-0.1, -0.05) is 0 Å². The number of nitrogens with one attached hydrogen (secondary N) is 2. The lowest BCUT2D eigenvalue weighted by atomic mass is 10.0. The molecule has 1 amide bonds. The van der Waals surface area contributed by atoms with E-state index in [-0.39, 0.29) is 18.1 Å². The lowest BCUT2D eigenvalue weighted by Crippen LogP contribution is -2.56. The number of carbonyl (C=O) groups excluding carboxylic acids is 1. The van der Waals surface area contributed by atoms with Crippen LogP contribution in [0.25, 0.3) is 0 Å². The molecule has 2 aliphatic rings. The van der Waals surface area contributed by atoms with Gasteiger partial charge in [-0.25, -0.2) is 0 Å². The molecular weight excluding hydrogens is 268 g/mol. The van der Waals surface area contributed by atoms with E-state index < -0.39 is 0 Å². The molecule has 2 fully saturated rings. The predicted octanol–water partition coefficient (Wildman–Crippen LogP) is -0.494. The Hall–Kier alpha value is -0.690. The van der Waals surface area contributed by atoms with E-state index in [1.54, 1.807) is 0 Å². The van der Waals surface area contributed by atoms with Crippen molar-refractivity contribution in [2.75, 3.05) is 53.4 Å². The molecular formula is C15H30N4O2. The average Bonchev–Trinajstić information content (AvgIpc) is 2.48. The van der Waals surface area contributed by atoms with Crippen molar-refractivity contribution in [1.29, 1.82) is 0 Å². The first-order valence-corrected chi connectivity index (χ1v) is 8.09. The van der Waals surface area contributed by atoms with Crippen LogP contribution in [0.3, 0.4) is 0 Å². The Labute approximate surface area is 128 Å². The molecule has 0 spiro atoms. The van der Waals surface area contributed by atoms with Crippen LogP contribution < -0.4 is 10.6 Å². The first kappa shape index (κ1) is 16.7. The van der Waals surface area contributed by atoms with E-state index >= 15 is 0 Å². The molecule has 2 heterocycles. The largest absolute Gasteiger partial charge is 0.375 e. The molecule has 0 aromatic heterocycles. The van der Waals surface area contributed by atoms with Gasteiger partial charge in [-0.15, -0.1) is 0 Å². The number of hydrogen-bond acceptors (Lipinski definition) is 5. The fraction of sp³-hybridized carbons (Fsp3) is 0.933. The molecule has 122 valence electrons. The zero-order chi connectivity index (χ0) is 15.2. The number of morpholine rings is 1. The number of ether oxygens (including phenoxy) is 1. The minimum absolute atomic E-state index is 0.0467. The van der Waals surface area contributed by atoms with Gasteiger partial charge in [0.1, 0.15) is 6.04 Å². The maximum Gasteiger partial charge on any atom is 0.239 e. The van der Waals surface area contributed by atoms with Crippen molar-refractivity contribution in [3.05, 3.63) is 0 Å². The number of rotatable bonds is 5. The summed E-state index contributed by atoms with van der Waals surface area (Å²) in [6.07, 6.45) is 2.39. The van der Waals surface area contributed by atoms with Crippen molar-refractivity contribution in [2.24, 2.45) is 0 Å². The van der Waals surface area contributed by atoms with Crippen LogP contribution >= 0.6 is 0 Å². The molecule has 2 saturated heterocycles. The highest BCUT2D eigenvalue weighted by atomic mass is 16.5. The zero-order valence-electron chi connectivity index (χ0n) is 13.6. The number of hydrogen-bond donors (Lipinski definition) is 2. The molecule has 6 heteroatoms. The topological polar surface area (TPSA) is 56.8 Å². The number of carbonyl (C=O) groups is 1. The standard InChI is InChI=1S/C15H30N4O2/c1-12-14(16-7-11-21-12)15(20)17-6-10-19-8-4-13(5-9-19)18(2)3/h12-14,16H,4-11H2,1-3H3,(H,17,20)/t12-,14+/m1/s1. The van der Waals surface area contributed by atoms with Crippen molar-refractivity contribution < 1.29 is 9.53 Å². The second-order valence-corrected chi connectivity index (χ2v) is 6.34. The third-order valence-corrected chi connectivity index (χ3v) is 4.61. The lowest BCUT2D eigenvalue weighted by molar-refractivity contribution is -0.129. The molecule has 2 atom stereocenters. The maximum absolute atomic E-state index is 12.1. The van der Waals surface area contributed by atoms with Gasteiger partial charge in [0, 0.05) is 25.7 Å². The van der Waals surface area contributed by atoms with Crippen molar-refractivity contribution in [1.82, 2.24) is 20.4 Å². The summed E-state index contributed by atoms with van der Waals surface area (Å²) in [7, 11) is 4.31. The summed E-state index contributed by atoms with van der Waals surface area (Å²) in [5, 5.41) is 6.25. The van der Waals surface area contributed by atoms with E-state index in [2.05, 4.69) is 34.5 Å². The van der Waals surface area contributed by atoms with Crippen LogP contribution in [0, 0.1) is 0 Å². The van der Waals surface area contributed by atoms with Crippen LogP contribution in [0.15, 0.2) is 0 Å². The number of nitrogens with zero attached hydrogens (tertiary/aromatic N) is 2. The number of likely N-dealkylation sites (tertiary alicyclic amines) is 1. The number of piperidine rings is 1. The average molecular weight is 298 g/mol. The second-order valence-electron chi connectivity index (χ2n) is 6.34. The smallest absolute Gasteiger partial charge is 0.239 e. The van der Waals surface area contributed by atoms with E-state index in [9.17, 15) is 4.79 Å². The van der Waals surface area contributed by atoms with Crippen molar-refractivity contribution in [3.8, 4) is 0 Å². The Morgan fingerprint density at radius 1 is 1.38 bits per heavy atom. The van der Waals surface area contributed by atoms with E-state index in [1.165, 1.54) is 12.8 Å². The SMILES string of the molecule is C[C@H]1OCCN[C@@H]1C(=O)NCCN1CCC(N(C)C)CC1. The van der Waals surface area contributed by atoms with Gasteiger partial charge in [-0.3, -0.25) is 4.79 Å². The van der Waals surface area contributed by atoms with Gasteiger partial charge in [0.05, 0.1) is 12.7 Å². The van der Waals surface area contributed by atoms with Gasteiger partial charge in [0.25, 0.3) is 0 Å². The molecule has 6 nitrogen and oxygen atoms in total. The van der Waals surface area contributed by atoms with Gasteiger partial charge in [0.2, 0.25) is 5.91 Å². The van der Waals surface area contributed by atoms with Gasteiger partial charge >= 0.3 is 0 Å². The van der Waals surface area contributed by atoms with Crippen LogP contribution in [0.2, 0.25) is 0 Å². The lowest BCUT2D eigenvalue weighted by Gasteiger charge is -2.35. The minimum Gasteiger partial charge on any atom is -0.375 e. The molecule has 2 aliphatic heterocycles. The summed E-state index contributed by atoms with van der Waals surface area (Å²) in [6.45, 7) is 7.29. The van der Waals surface area contributed by atoms with E-state index in [0.29, 0.717) is 12.6 Å². The summed E-state index contributed by atoms with van der Waals surface area (Å²) in [4.78, 5) is 16.9. The molecule has 2 N–H and O–H groups in total. The van der Waals surface area contributed by atoms with Gasteiger partial charge in [0.15, 0.2) is 0 Å². The Morgan fingerprint density at radius 3 is 2.71 bits per heavy atom. The number of amides is 1. The van der Waals surface area contributed by atoms with Crippen LogP contribution in [0.5, 0.6) is 0 Å². The third-order valence-electron chi connectivity index (χ3n) is 4.61. The normalized spacial score (nSPS) is 28.8. The molecule has 21 heavy (non-hydrogen) atoms. The summed E-state index contributed by atoms with van der Waals surface area (Å²) < 4.78 is 5.50. The molecule has 0 bridgehead atoms. The highest BCUT2D eigenvalue weighted by Gasteiger charge is 2.28.